The number of benzene rings is 3. The molecule has 2 aliphatic rings. The van der Waals surface area contributed by atoms with E-state index in [9.17, 15) is 14.0 Å². The van der Waals surface area contributed by atoms with Gasteiger partial charge in [-0.1, -0.05) is 60.7 Å². The number of rotatable bonds is 7. The van der Waals surface area contributed by atoms with Crippen molar-refractivity contribution < 1.29 is 14.0 Å². The molecule has 4 aromatic rings. The second kappa shape index (κ2) is 10.7. The van der Waals surface area contributed by atoms with Gasteiger partial charge in [0, 0.05) is 47.4 Å². The molecule has 0 atom stereocenters. The smallest absolute Gasteiger partial charge is 0.256 e. The molecule has 0 saturated carbocycles. The van der Waals surface area contributed by atoms with Gasteiger partial charge in [0.2, 0.25) is 0 Å². The Morgan fingerprint density at radius 3 is 2.46 bits per heavy atom. The van der Waals surface area contributed by atoms with E-state index < -0.39 is 0 Å². The first-order valence-electron chi connectivity index (χ1n) is 13.3. The first-order valence-corrected chi connectivity index (χ1v) is 13.3. The van der Waals surface area contributed by atoms with Crippen LogP contribution < -0.4 is 10.6 Å². The maximum absolute atomic E-state index is 14.8. The topological polar surface area (TPSA) is 77.2 Å². The number of aromatic nitrogens is 1. The first-order chi connectivity index (χ1) is 19.1. The highest BCUT2D eigenvalue weighted by Gasteiger charge is 2.29. The summed E-state index contributed by atoms with van der Waals surface area (Å²) in [5, 5.41) is 5.98. The Hall–Kier alpha value is -4.49. The van der Waals surface area contributed by atoms with Crippen LogP contribution >= 0.6 is 0 Å². The molecule has 0 aliphatic carbocycles. The predicted molar refractivity (Wildman–Crippen MR) is 153 cm³/mol. The van der Waals surface area contributed by atoms with Crippen LogP contribution in [0.15, 0.2) is 79.0 Å². The molecule has 2 amide bonds. The average molecular weight is 521 g/mol. The number of fused-ring (bicyclic) bond motifs is 1. The fourth-order valence-electron chi connectivity index (χ4n) is 5.51. The van der Waals surface area contributed by atoms with Crippen LogP contribution in [0.4, 0.5) is 10.1 Å². The second-order valence-corrected chi connectivity index (χ2v) is 9.88. The third kappa shape index (κ3) is 4.89. The minimum absolute atomic E-state index is 0.169. The maximum Gasteiger partial charge on any atom is 0.256 e. The van der Waals surface area contributed by atoms with E-state index in [1.54, 1.807) is 36.5 Å². The summed E-state index contributed by atoms with van der Waals surface area (Å²) in [4.78, 5) is 32.1. The third-order valence-corrected chi connectivity index (χ3v) is 7.41. The summed E-state index contributed by atoms with van der Waals surface area (Å²) < 4.78 is 14.8. The van der Waals surface area contributed by atoms with Crippen molar-refractivity contribution in [2.24, 2.45) is 0 Å². The van der Waals surface area contributed by atoms with E-state index in [0.29, 0.717) is 51.3 Å². The van der Waals surface area contributed by atoms with Gasteiger partial charge in [0.05, 0.1) is 11.1 Å². The fraction of sp³-hybridized carbons (Fsp3) is 0.188. The number of nitrogens with one attached hydrogen (secondary N) is 3. The number of hydrogen-bond acceptors (Lipinski definition) is 3. The minimum atomic E-state index is -0.359. The average Bonchev–Trinajstić information content (AvgIpc) is 3.69. The Kier molecular flexibility index (Phi) is 6.82. The molecule has 1 aromatic heterocycles. The van der Waals surface area contributed by atoms with E-state index in [1.807, 2.05) is 42.5 Å². The molecule has 1 fully saturated rings. The van der Waals surface area contributed by atoms with E-state index in [2.05, 4.69) is 20.5 Å². The number of carbonyl (C=O) groups is 2. The van der Waals surface area contributed by atoms with Gasteiger partial charge in [0.1, 0.15) is 5.82 Å². The molecule has 7 heteroatoms. The Morgan fingerprint density at radius 1 is 0.923 bits per heavy atom. The zero-order chi connectivity index (χ0) is 26.8. The summed E-state index contributed by atoms with van der Waals surface area (Å²) >= 11 is 0. The van der Waals surface area contributed by atoms with Gasteiger partial charge in [-0.15, -0.1) is 0 Å². The number of hydrogen-bond donors (Lipinski definition) is 3. The predicted octanol–water partition coefficient (Wildman–Crippen LogP) is 5.81. The number of nitrogens with zero attached hydrogens (tertiary/aromatic N) is 1. The molecule has 3 heterocycles. The van der Waals surface area contributed by atoms with E-state index in [4.69, 9.17) is 0 Å². The van der Waals surface area contributed by atoms with Gasteiger partial charge in [-0.25, -0.2) is 4.39 Å². The molecule has 39 heavy (non-hydrogen) atoms. The van der Waals surface area contributed by atoms with Gasteiger partial charge < -0.3 is 20.5 Å². The molecule has 1 saturated heterocycles. The van der Waals surface area contributed by atoms with Crippen LogP contribution in [0, 0.1) is 5.82 Å². The van der Waals surface area contributed by atoms with E-state index in [1.165, 1.54) is 18.9 Å². The van der Waals surface area contributed by atoms with Gasteiger partial charge in [-0.2, -0.15) is 0 Å². The summed E-state index contributed by atoms with van der Waals surface area (Å²) in [6, 6.07) is 21.6. The lowest BCUT2D eigenvalue weighted by Gasteiger charge is -2.15. The molecule has 0 radical (unpaired) electrons. The van der Waals surface area contributed by atoms with Crippen LogP contribution in [0.2, 0.25) is 0 Å². The standard InChI is InChI=1S/C32H29FN4O2/c33-26-13-5-4-11-22(26)23-12-8-14-27-30(23)24(32(39)36-27)19-28-29(21-9-2-1-3-10-21)25(20-35-28)31(38)34-15-18-37-16-6-7-17-37/h1-5,8-14,19-20,35H,6-7,15-18H2,(H,34,38)(H,36,39)/b24-19-. The highest BCUT2D eigenvalue weighted by molar-refractivity contribution is 6.36. The Morgan fingerprint density at radius 2 is 1.67 bits per heavy atom. The fourth-order valence-corrected chi connectivity index (χ4v) is 5.51. The summed E-state index contributed by atoms with van der Waals surface area (Å²) in [7, 11) is 0. The summed E-state index contributed by atoms with van der Waals surface area (Å²) in [6.45, 7) is 3.54. The van der Waals surface area contributed by atoms with Gasteiger partial charge in [-0.05, 0) is 55.3 Å². The summed E-state index contributed by atoms with van der Waals surface area (Å²) in [5.74, 6) is -0.807. The zero-order valence-corrected chi connectivity index (χ0v) is 21.5. The number of carbonyl (C=O) groups excluding carboxylic acids is 2. The highest BCUT2D eigenvalue weighted by atomic mass is 19.1. The largest absolute Gasteiger partial charge is 0.360 e. The van der Waals surface area contributed by atoms with Crippen LogP contribution in [0.1, 0.15) is 34.5 Å². The molecule has 2 aliphatic heterocycles. The van der Waals surface area contributed by atoms with Crippen molar-refractivity contribution in [3.63, 3.8) is 0 Å². The Balaban J connectivity index is 1.40. The monoisotopic (exact) mass is 520 g/mol. The molecule has 0 spiro atoms. The quantitative estimate of drug-likeness (QED) is 0.269. The molecule has 3 aromatic carbocycles. The molecule has 196 valence electrons. The first kappa shape index (κ1) is 24.8. The van der Waals surface area contributed by atoms with Crippen molar-refractivity contribution in [3.05, 3.63) is 102 Å². The number of amides is 2. The van der Waals surface area contributed by atoms with Crippen molar-refractivity contribution in [2.75, 3.05) is 31.5 Å². The van der Waals surface area contributed by atoms with Crippen molar-refractivity contribution in [1.29, 1.82) is 0 Å². The normalized spacial score (nSPS) is 15.9. The van der Waals surface area contributed by atoms with Gasteiger partial charge >= 0.3 is 0 Å². The summed E-state index contributed by atoms with van der Waals surface area (Å²) in [5.41, 5.74) is 5.43. The molecular weight excluding hydrogens is 491 g/mol. The Labute approximate surface area is 226 Å². The number of anilines is 1. The lowest BCUT2D eigenvalue weighted by molar-refractivity contribution is -0.110. The number of halogens is 1. The van der Waals surface area contributed by atoms with Crippen molar-refractivity contribution in [1.82, 2.24) is 15.2 Å². The number of likely N-dealkylation sites (tertiary alicyclic amines) is 1. The lowest BCUT2D eigenvalue weighted by Crippen LogP contribution is -2.33. The third-order valence-electron chi connectivity index (χ3n) is 7.41. The van der Waals surface area contributed by atoms with E-state index in [-0.39, 0.29) is 17.6 Å². The van der Waals surface area contributed by atoms with Gasteiger partial charge in [0.15, 0.2) is 0 Å². The minimum Gasteiger partial charge on any atom is -0.360 e. The van der Waals surface area contributed by atoms with Crippen LogP contribution in [0.3, 0.4) is 0 Å². The van der Waals surface area contributed by atoms with Crippen molar-refractivity contribution in [2.45, 2.75) is 12.8 Å². The van der Waals surface area contributed by atoms with Crippen LogP contribution in [0.25, 0.3) is 33.9 Å². The van der Waals surface area contributed by atoms with Crippen molar-refractivity contribution in [3.8, 4) is 22.3 Å². The van der Waals surface area contributed by atoms with Gasteiger partial charge in [-0.3, -0.25) is 9.59 Å². The zero-order valence-electron chi connectivity index (χ0n) is 21.5. The van der Waals surface area contributed by atoms with E-state index >= 15 is 0 Å². The van der Waals surface area contributed by atoms with Crippen LogP contribution in [0.5, 0.6) is 0 Å². The molecule has 6 nitrogen and oxygen atoms in total. The summed E-state index contributed by atoms with van der Waals surface area (Å²) in [6.07, 6.45) is 5.86. The molecule has 0 unspecified atom stereocenters. The van der Waals surface area contributed by atoms with E-state index in [0.717, 1.165) is 25.2 Å². The van der Waals surface area contributed by atoms with Crippen LogP contribution in [-0.4, -0.2) is 47.9 Å². The molecule has 6 rings (SSSR count). The van der Waals surface area contributed by atoms with Crippen LogP contribution in [-0.2, 0) is 4.79 Å². The highest BCUT2D eigenvalue weighted by Crippen LogP contribution is 2.42. The number of aromatic amines is 1. The molecular formula is C32H29FN4O2. The maximum atomic E-state index is 14.8. The van der Waals surface area contributed by atoms with Gasteiger partial charge in [0.25, 0.3) is 11.8 Å². The molecule has 3 N–H and O–H groups in total. The lowest BCUT2D eigenvalue weighted by atomic mass is 9.93. The Bertz CT molecular complexity index is 1570. The number of H-pyrrole nitrogens is 1. The molecule has 0 bridgehead atoms. The SMILES string of the molecule is O=C1Nc2cccc(-c3ccccc3F)c2/C1=C/c1[nH]cc(C(=O)NCCN2CCCC2)c1-c1ccccc1. The van der Waals surface area contributed by atoms with Crippen molar-refractivity contribution >= 4 is 29.2 Å². The second-order valence-electron chi connectivity index (χ2n) is 9.88.